The molecule has 0 aliphatic rings. The zero-order valence-electron chi connectivity index (χ0n) is 12.7. The van der Waals surface area contributed by atoms with Crippen LogP contribution in [0.15, 0.2) is 53.0 Å². The van der Waals surface area contributed by atoms with E-state index in [-0.39, 0.29) is 0 Å². The van der Waals surface area contributed by atoms with Crippen molar-refractivity contribution in [2.45, 2.75) is 19.6 Å². The molecule has 0 N–H and O–H groups in total. The van der Waals surface area contributed by atoms with E-state index in [4.69, 9.17) is 0 Å². The molecule has 0 radical (unpaired) electrons. The van der Waals surface area contributed by atoms with E-state index in [2.05, 4.69) is 102 Å². The van der Waals surface area contributed by atoms with Gasteiger partial charge in [0.2, 0.25) is 0 Å². The van der Waals surface area contributed by atoms with Crippen LogP contribution in [0.5, 0.6) is 0 Å². The molecular weight excluding hydrogens is 336 g/mol. The quantitative estimate of drug-likeness (QED) is 0.360. The fourth-order valence-corrected chi connectivity index (χ4v) is 2.54. The Morgan fingerprint density at radius 2 is 1.57 bits per heavy atom. The molecule has 2 rings (SSSR count). The lowest BCUT2D eigenvalue weighted by atomic mass is 10.1. The molecule has 0 heterocycles. The minimum absolute atomic E-state index is 1.10. The van der Waals surface area contributed by atoms with Gasteiger partial charge >= 0.3 is 0 Å². The summed E-state index contributed by atoms with van der Waals surface area (Å²) in [5.41, 5.74) is 6.90. The average molecular weight is 355 g/mol. The summed E-state index contributed by atoms with van der Waals surface area (Å²) in [7, 11) is -1.35. The van der Waals surface area contributed by atoms with Crippen LogP contribution in [0.4, 0.5) is 0 Å². The van der Waals surface area contributed by atoms with Gasteiger partial charge in [-0.2, -0.15) is 0 Å². The number of hydrogen-bond donors (Lipinski definition) is 0. The van der Waals surface area contributed by atoms with Crippen molar-refractivity contribution < 1.29 is 0 Å². The fraction of sp³-hybridized carbons (Fsp3) is 0.158. The lowest BCUT2D eigenvalue weighted by Crippen LogP contribution is -2.16. The number of rotatable bonds is 2. The molecule has 2 aromatic carbocycles. The summed E-state index contributed by atoms with van der Waals surface area (Å²) in [6.07, 6.45) is 4.26. The van der Waals surface area contributed by atoms with Gasteiger partial charge in [0.1, 0.15) is 8.07 Å². The Hall–Kier alpha value is -1.56. The van der Waals surface area contributed by atoms with Crippen molar-refractivity contribution in [3.8, 4) is 11.5 Å². The molecule has 0 aliphatic heterocycles. The fourth-order valence-electron chi connectivity index (χ4n) is 1.77. The lowest BCUT2D eigenvalue weighted by molar-refractivity contribution is 1.59. The molecule has 21 heavy (non-hydrogen) atoms. The third kappa shape index (κ3) is 5.38. The third-order valence-corrected chi connectivity index (χ3v) is 4.26. The first-order valence-electron chi connectivity index (χ1n) is 7.00. The smallest absolute Gasteiger partial charge is 0.127 e. The van der Waals surface area contributed by atoms with Gasteiger partial charge in [-0.05, 0) is 29.3 Å². The monoisotopic (exact) mass is 354 g/mol. The van der Waals surface area contributed by atoms with E-state index < -0.39 is 8.07 Å². The lowest BCUT2D eigenvalue weighted by Gasteiger charge is -2.04. The van der Waals surface area contributed by atoms with Crippen LogP contribution >= 0.6 is 15.9 Å². The topological polar surface area (TPSA) is 0 Å². The number of halogens is 1. The van der Waals surface area contributed by atoms with Crippen LogP contribution in [0.2, 0.25) is 19.6 Å². The van der Waals surface area contributed by atoms with Crippen molar-refractivity contribution in [3.63, 3.8) is 0 Å². The van der Waals surface area contributed by atoms with Gasteiger partial charge in [-0.3, -0.25) is 0 Å². The summed E-state index contributed by atoms with van der Waals surface area (Å²) in [6, 6.07) is 16.6. The Labute approximate surface area is 137 Å². The number of hydrogen-bond acceptors (Lipinski definition) is 0. The molecule has 0 bridgehead atoms. The molecule has 0 amide bonds. The molecule has 2 heteroatoms. The van der Waals surface area contributed by atoms with Gasteiger partial charge in [-0.25, -0.2) is 0 Å². The van der Waals surface area contributed by atoms with Gasteiger partial charge in [-0.15, -0.1) is 5.54 Å². The van der Waals surface area contributed by atoms with E-state index in [9.17, 15) is 0 Å². The largest absolute Gasteiger partial charge is 0.129 e. The molecule has 0 aromatic heterocycles. The minimum atomic E-state index is -1.35. The predicted molar refractivity (Wildman–Crippen MR) is 99.7 cm³/mol. The first kappa shape index (κ1) is 15.8. The maximum absolute atomic E-state index is 3.45. The normalized spacial score (nSPS) is 11.2. The van der Waals surface area contributed by atoms with Gasteiger partial charge < -0.3 is 0 Å². The zero-order valence-corrected chi connectivity index (χ0v) is 15.2. The Balaban J connectivity index is 2.28. The second-order valence-corrected chi connectivity index (χ2v) is 11.6. The van der Waals surface area contributed by atoms with Crippen molar-refractivity contribution in [1.82, 2.24) is 0 Å². The zero-order chi connectivity index (χ0) is 15.3. The van der Waals surface area contributed by atoms with Crippen LogP contribution in [-0.4, -0.2) is 8.07 Å². The SMILES string of the molecule is C[Si](C)(C)C#Cc1ccccc1C=Cc1ccc(Br)cc1. The van der Waals surface area contributed by atoms with Crippen LogP contribution in [0, 0.1) is 11.5 Å². The first-order valence-corrected chi connectivity index (χ1v) is 11.3. The second kappa shape index (κ2) is 6.93. The standard InChI is InChI=1S/C19H19BrSi/c1-21(2,3)15-14-18-7-5-4-6-17(18)11-8-16-9-12-19(20)13-10-16/h4-13H,1-3H3. The molecule has 0 fully saturated rings. The van der Waals surface area contributed by atoms with Gasteiger partial charge in [-0.1, -0.05) is 84.0 Å². The van der Waals surface area contributed by atoms with Gasteiger partial charge in [0.25, 0.3) is 0 Å². The average Bonchev–Trinajstić information content (AvgIpc) is 2.44. The highest BCUT2D eigenvalue weighted by molar-refractivity contribution is 9.10. The van der Waals surface area contributed by atoms with Gasteiger partial charge in [0, 0.05) is 10.0 Å². The molecule has 0 saturated carbocycles. The van der Waals surface area contributed by atoms with Crippen LogP contribution in [0.25, 0.3) is 12.2 Å². The highest BCUT2D eigenvalue weighted by Crippen LogP contribution is 2.15. The van der Waals surface area contributed by atoms with Crippen molar-refractivity contribution in [2.75, 3.05) is 0 Å². The number of benzene rings is 2. The highest BCUT2D eigenvalue weighted by Gasteiger charge is 2.07. The van der Waals surface area contributed by atoms with E-state index in [1.165, 1.54) is 11.1 Å². The Morgan fingerprint density at radius 3 is 2.24 bits per heavy atom. The Morgan fingerprint density at radius 1 is 0.905 bits per heavy atom. The Bertz CT molecular complexity index is 695. The molecule has 0 spiro atoms. The minimum Gasteiger partial charge on any atom is -0.127 e. The molecule has 0 atom stereocenters. The molecular formula is C19H19BrSi. The van der Waals surface area contributed by atoms with Crippen LogP contribution in [0.3, 0.4) is 0 Å². The van der Waals surface area contributed by atoms with Crippen LogP contribution in [0.1, 0.15) is 16.7 Å². The van der Waals surface area contributed by atoms with Crippen LogP contribution < -0.4 is 0 Å². The van der Waals surface area contributed by atoms with Crippen molar-refractivity contribution in [3.05, 3.63) is 69.7 Å². The maximum Gasteiger partial charge on any atom is 0.129 e. The van der Waals surface area contributed by atoms with Gasteiger partial charge in [0.05, 0.1) is 0 Å². The molecule has 2 aromatic rings. The molecule has 0 unspecified atom stereocenters. The predicted octanol–water partition coefficient (Wildman–Crippen LogP) is 5.85. The summed E-state index contributed by atoms with van der Waals surface area (Å²) >= 11 is 3.45. The van der Waals surface area contributed by atoms with E-state index in [1.54, 1.807) is 0 Å². The summed E-state index contributed by atoms with van der Waals surface area (Å²) in [5.74, 6) is 3.35. The third-order valence-electron chi connectivity index (χ3n) is 2.86. The highest BCUT2D eigenvalue weighted by atomic mass is 79.9. The molecule has 0 saturated heterocycles. The van der Waals surface area contributed by atoms with E-state index in [0.717, 1.165) is 10.0 Å². The van der Waals surface area contributed by atoms with E-state index in [0.29, 0.717) is 0 Å². The maximum atomic E-state index is 3.45. The van der Waals surface area contributed by atoms with E-state index >= 15 is 0 Å². The van der Waals surface area contributed by atoms with Crippen molar-refractivity contribution >= 4 is 36.2 Å². The molecule has 0 aliphatic carbocycles. The second-order valence-electron chi connectivity index (χ2n) is 5.97. The van der Waals surface area contributed by atoms with E-state index in [1.807, 2.05) is 6.07 Å². The van der Waals surface area contributed by atoms with Crippen molar-refractivity contribution in [1.29, 1.82) is 0 Å². The Kier molecular flexibility index (Phi) is 5.22. The summed E-state index contributed by atoms with van der Waals surface area (Å²) in [5, 5.41) is 0. The summed E-state index contributed by atoms with van der Waals surface area (Å²) < 4.78 is 1.10. The molecule has 0 nitrogen and oxygen atoms in total. The first-order chi connectivity index (χ1) is 9.94. The van der Waals surface area contributed by atoms with Crippen LogP contribution in [-0.2, 0) is 0 Å². The van der Waals surface area contributed by atoms with Crippen molar-refractivity contribution in [2.24, 2.45) is 0 Å². The molecule has 106 valence electrons. The summed E-state index contributed by atoms with van der Waals surface area (Å²) in [6.45, 7) is 6.79. The van der Waals surface area contributed by atoms with Gasteiger partial charge in [0.15, 0.2) is 0 Å². The summed E-state index contributed by atoms with van der Waals surface area (Å²) in [4.78, 5) is 0.